The first-order valence-corrected chi connectivity index (χ1v) is 7.95. The predicted molar refractivity (Wildman–Crippen MR) is 64.8 cm³/mol. The van der Waals surface area contributed by atoms with Gasteiger partial charge in [-0.05, 0) is 38.1 Å². The maximum atomic E-state index is 11.7. The number of hydrogen-bond acceptors (Lipinski definition) is 3. The smallest absolute Gasteiger partial charge is 0.211 e. The molecule has 2 unspecified atom stereocenters. The van der Waals surface area contributed by atoms with Gasteiger partial charge in [-0.1, -0.05) is 13.3 Å². The van der Waals surface area contributed by atoms with Gasteiger partial charge in [0.25, 0.3) is 0 Å². The van der Waals surface area contributed by atoms with Gasteiger partial charge in [-0.2, -0.15) is 0 Å². The van der Waals surface area contributed by atoms with Crippen LogP contribution in [0.2, 0.25) is 0 Å². The number of nitrogens with one attached hydrogen (secondary N) is 2. The molecule has 94 valence electrons. The quantitative estimate of drug-likeness (QED) is 0.730. The van der Waals surface area contributed by atoms with Crippen molar-refractivity contribution >= 4 is 10.0 Å². The zero-order valence-electron chi connectivity index (χ0n) is 9.96. The van der Waals surface area contributed by atoms with Gasteiger partial charge in [0.15, 0.2) is 0 Å². The molecule has 1 saturated heterocycles. The van der Waals surface area contributed by atoms with Crippen molar-refractivity contribution in [2.75, 3.05) is 18.8 Å². The molecule has 2 rings (SSSR count). The molecule has 0 amide bonds. The summed E-state index contributed by atoms with van der Waals surface area (Å²) in [4.78, 5) is 0. The second kappa shape index (κ2) is 4.63. The second-order valence-electron chi connectivity index (χ2n) is 5.12. The molecule has 5 heteroatoms. The maximum absolute atomic E-state index is 11.7. The lowest BCUT2D eigenvalue weighted by molar-refractivity contribution is 0.382. The highest BCUT2D eigenvalue weighted by Crippen LogP contribution is 2.48. The van der Waals surface area contributed by atoms with Gasteiger partial charge in [0.2, 0.25) is 10.0 Å². The summed E-state index contributed by atoms with van der Waals surface area (Å²) in [5.41, 5.74) is 0.109. The van der Waals surface area contributed by atoms with Gasteiger partial charge in [-0.25, -0.2) is 13.1 Å². The molecule has 1 saturated carbocycles. The van der Waals surface area contributed by atoms with Crippen molar-refractivity contribution in [3.05, 3.63) is 0 Å². The van der Waals surface area contributed by atoms with Crippen LogP contribution in [0.1, 0.15) is 39.0 Å². The zero-order valence-corrected chi connectivity index (χ0v) is 10.8. The molecule has 0 aromatic heterocycles. The highest BCUT2D eigenvalue weighted by molar-refractivity contribution is 7.89. The third-order valence-electron chi connectivity index (χ3n) is 3.81. The largest absolute Gasteiger partial charge is 0.310 e. The Bertz CT molecular complexity index is 342. The van der Waals surface area contributed by atoms with Crippen LogP contribution in [0.4, 0.5) is 0 Å². The van der Waals surface area contributed by atoms with E-state index in [0.717, 1.165) is 25.8 Å². The number of fused-ring (bicyclic) bond motifs is 1. The Balaban J connectivity index is 1.79. The van der Waals surface area contributed by atoms with Crippen LogP contribution in [-0.4, -0.2) is 32.8 Å². The van der Waals surface area contributed by atoms with Gasteiger partial charge in [0, 0.05) is 12.1 Å². The van der Waals surface area contributed by atoms with Crippen molar-refractivity contribution in [3.63, 3.8) is 0 Å². The van der Waals surface area contributed by atoms with E-state index < -0.39 is 10.0 Å². The number of piperidine rings is 1. The SMILES string of the molecule is CCCCS(=O)(=O)NCC12CC1CCCN2. The topological polar surface area (TPSA) is 58.2 Å². The van der Waals surface area contributed by atoms with E-state index in [1.807, 2.05) is 6.92 Å². The number of rotatable bonds is 6. The zero-order chi connectivity index (χ0) is 11.6. The Morgan fingerprint density at radius 2 is 2.31 bits per heavy atom. The van der Waals surface area contributed by atoms with E-state index in [4.69, 9.17) is 0 Å². The van der Waals surface area contributed by atoms with E-state index in [2.05, 4.69) is 10.0 Å². The molecule has 0 spiro atoms. The number of sulfonamides is 1. The molecule has 16 heavy (non-hydrogen) atoms. The van der Waals surface area contributed by atoms with Crippen LogP contribution in [0.3, 0.4) is 0 Å². The minimum Gasteiger partial charge on any atom is -0.310 e. The lowest BCUT2D eigenvalue weighted by Gasteiger charge is -2.24. The first-order valence-electron chi connectivity index (χ1n) is 6.30. The Kier molecular flexibility index (Phi) is 3.56. The van der Waals surface area contributed by atoms with Crippen LogP contribution in [0, 0.1) is 5.92 Å². The van der Waals surface area contributed by atoms with Crippen LogP contribution >= 0.6 is 0 Å². The van der Waals surface area contributed by atoms with Crippen molar-refractivity contribution in [3.8, 4) is 0 Å². The highest BCUT2D eigenvalue weighted by atomic mass is 32.2. The molecule has 2 aliphatic rings. The molecule has 4 nitrogen and oxygen atoms in total. The van der Waals surface area contributed by atoms with E-state index in [1.54, 1.807) is 0 Å². The van der Waals surface area contributed by atoms with Crippen molar-refractivity contribution in [1.82, 2.24) is 10.0 Å². The molecule has 0 aromatic rings. The van der Waals surface area contributed by atoms with Crippen molar-refractivity contribution < 1.29 is 8.42 Å². The van der Waals surface area contributed by atoms with Gasteiger partial charge in [-0.3, -0.25) is 0 Å². The van der Waals surface area contributed by atoms with Gasteiger partial charge in [0.1, 0.15) is 0 Å². The Morgan fingerprint density at radius 1 is 1.50 bits per heavy atom. The second-order valence-corrected chi connectivity index (χ2v) is 7.05. The lowest BCUT2D eigenvalue weighted by atomic mass is 10.1. The van der Waals surface area contributed by atoms with E-state index in [-0.39, 0.29) is 11.3 Å². The van der Waals surface area contributed by atoms with E-state index in [9.17, 15) is 8.42 Å². The van der Waals surface area contributed by atoms with Crippen LogP contribution in [0.15, 0.2) is 0 Å². The van der Waals surface area contributed by atoms with Gasteiger partial charge in [-0.15, -0.1) is 0 Å². The van der Waals surface area contributed by atoms with Crippen LogP contribution < -0.4 is 10.0 Å². The fourth-order valence-corrected chi connectivity index (χ4v) is 3.88. The molecule has 2 atom stereocenters. The third kappa shape index (κ3) is 2.76. The molecule has 2 N–H and O–H groups in total. The average Bonchev–Trinajstić information content (AvgIpc) is 2.99. The average molecular weight is 246 g/mol. The summed E-state index contributed by atoms with van der Waals surface area (Å²) in [5, 5.41) is 3.47. The van der Waals surface area contributed by atoms with E-state index >= 15 is 0 Å². The molecule has 0 bridgehead atoms. The van der Waals surface area contributed by atoms with Crippen LogP contribution in [0.5, 0.6) is 0 Å². The summed E-state index contributed by atoms with van der Waals surface area (Å²) in [5.74, 6) is 0.972. The maximum Gasteiger partial charge on any atom is 0.211 e. The van der Waals surface area contributed by atoms with Crippen LogP contribution in [-0.2, 0) is 10.0 Å². The minimum atomic E-state index is -3.04. The summed E-state index contributed by atoms with van der Waals surface area (Å²) >= 11 is 0. The Hall–Kier alpha value is -0.130. The Labute approximate surface area is 98.2 Å². The number of unbranched alkanes of at least 4 members (excludes halogenated alkanes) is 1. The number of hydrogen-bond donors (Lipinski definition) is 2. The van der Waals surface area contributed by atoms with Crippen molar-refractivity contribution in [1.29, 1.82) is 0 Å². The predicted octanol–water partition coefficient (Wildman–Crippen LogP) is 0.848. The van der Waals surface area contributed by atoms with Crippen LogP contribution in [0.25, 0.3) is 0 Å². The summed E-state index contributed by atoms with van der Waals surface area (Å²) in [6, 6.07) is 0. The minimum absolute atomic E-state index is 0.109. The molecular weight excluding hydrogens is 224 g/mol. The molecule has 1 aliphatic heterocycles. The molecule has 1 heterocycles. The van der Waals surface area contributed by atoms with Crippen molar-refractivity contribution in [2.24, 2.45) is 5.92 Å². The van der Waals surface area contributed by atoms with E-state index in [1.165, 1.54) is 12.8 Å². The normalized spacial score (nSPS) is 33.4. The fourth-order valence-electron chi connectivity index (χ4n) is 2.59. The first-order chi connectivity index (χ1) is 7.58. The first kappa shape index (κ1) is 12.3. The van der Waals surface area contributed by atoms with Gasteiger partial charge in [0.05, 0.1) is 5.75 Å². The molecule has 0 radical (unpaired) electrons. The summed E-state index contributed by atoms with van der Waals surface area (Å²) in [7, 11) is -3.04. The fraction of sp³-hybridized carbons (Fsp3) is 1.00. The van der Waals surface area contributed by atoms with E-state index in [0.29, 0.717) is 12.5 Å². The highest BCUT2D eigenvalue weighted by Gasteiger charge is 2.54. The van der Waals surface area contributed by atoms with Crippen molar-refractivity contribution in [2.45, 2.75) is 44.6 Å². The molecule has 1 aliphatic carbocycles. The summed E-state index contributed by atoms with van der Waals surface area (Å²) in [6.07, 6.45) is 5.30. The third-order valence-corrected chi connectivity index (χ3v) is 5.22. The molecule has 0 aromatic carbocycles. The summed E-state index contributed by atoms with van der Waals surface area (Å²) < 4.78 is 26.1. The Morgan fingerprint density at radius 3 is 3.00 bits per heavy atom. The standard InChI is InChI=1S/C11H22N2O2S/c1-2-3-7-16(14,15)13-9-11-8-10(11)5-4-6-12-11/h10,12-13H,2-9H2,1H3. The summed E-state index contributed by atoms with van der Waals surface area (Å²) in [6.45, 7) is 3.63. The lowest BCUT2D eigenvalue weighted by Crippen LogP contribution is -2.47. The van der Waals surface area contributed by atoms with Gasteiger partial charge < -0.3 is 5.32 Å². The van der Waals surface area contributed by atoms with Gasteiger partial charge >= 0.3 is 0 Å². The molecule has 2 fully saturated rings. The molecular formula is C11H22N2O2S. The monoisotopic (exact) mass is 246 g/mol.